The Bertz CT molecular complexity index is 284. The number of hydrogen-bond acceptors (Lipinski definition) is 3. The number of nitrogens with zero attached hydrogens (tertiary/aromatic N) is 1. The molecule has 1 heterocycles. The molecule has 0 aliphatic rings. The molecule has 1 aromatic rings. The summed E-state index contributed by atoms with van der Waals surface area (Å²) < 4.78 is 0. The summed E-state index contributed by atoms with van der Waals surface area (Å²) in [6.07, 6.45) is 1.78. The SMILES string of the molecule is CNCc1c(C)cnc(C)c1O. The Morgan fingerprint density at radius 3 is 2.75 bits per heavy atom. The molecule has 0 spiro atoms. The van der Waals surface area contributed by atoms with Crippen molar-refractivity contribution in [3.05, 3.63) is 23.0 Å². The fourth-order valence-corrected chi connectivity index (χ4v) is 1.14. The van der Waals surface area contributed by atoms with Crippen LogP contribution < -0.4 is 5.32 Å². The van der Waals surface area contributed by atoms with E-state index in [9.17, 15) is 5.11 Å². The van der Waals surface area contributed by atoms with Crippen LogP contribution in [0, 0.1) is 13.8 Å². The Morgan fingerprint density at radius 2 is 2.17 bits per heavy atom. The Morgan fingerprint density at radius 1 is 1.50 bits per heavy atom. The van der Waals surface area contributed by atoms with Crippen LogP contribution in [0.15, 0.2) is 6.20 Å². The second kappa shape index (κ2) is 3.54. The van der Waals surface area contributed by atoms with E-state index < -0.39 is 0 Å². The fourth-order valence-electron chi connectivity index (χ4n) is 1.14. The fraction of sp³-hybridized carbons (Fsp3) is 0.444. The first-order valence-corrected chi connectivity index (χ1v) is 3.95. The van der Waals surface area contributed by atoms with Gasteiger partial charge in [-0.1, -0.05) is 0 Å². The monoisotopic (exact) mass is 166 g/mol. The zero-order valence-electron chi connectivity index (χ0n) is 7.68. The summed E-state index contributed by atoms with van der Waals surface area (Å²) in [7, 11) is 1.86. The lowest BCUT2D eigenvalue weighted by atomic mass is 10.1. The molecule has 0 aliphatic carbocycles. The smallest absolute Gasteiger partial charge is 0.141 e. The first-order chi connectivity index (χ1) is 5.66. The number of aromatic nitrogens is 1. The lowest BCUT2D eigenvalue weighted by molar-refractivity contribution is 0.457. The molecule has 12 heavy (non-hydrogen) atoms. The first-order valence-electron chi connectivity index (χ1n) is 3.95. The molecular formula is C9H14N2O. The topological polar surface area (TPSA) is 45.2 Å². The molecule has 0 aromatic carbocycles. The van der Waals surface area contributed by atoms with Gasteiger partial charge in [0.2, 0.25) is 0 Å². The third-order valence-corrected chi connectivity index (χ3v) is 1.91. The Balaban J connectivity index is 3.14. The van der Waals surface area contributed by atoms with E-state index in [1.807, 2.05) is 14.0 Å². The summed E-state index contributed by atoms with van der Waals surface area (Å²) in [4.78, 5) is 4.04. The molecule has 0 bridgehead atoms. The molecule has 0 fully saturated rings. The Hall–Kier alpha value is -1.09. The average molecular weight is 166 g/mol. The van der Waals surface area contributed by atoms with E-state index in [0.29, 0.717) is 18.0 Å². The minimum Gasteiger partial charge on any atom is -0.506 e. The van der Waals surface area contributed by atoms with Crippen LogP contribution in [0.5, 0.6) is 5.75 Å². The molecular weight excluding hydrogens is 152 g/mol. The van der Waals surface area contributed by atoms with Gasteiger partial charge in [-0.2, -0.15) is 0 Å². The zero-order valence-corrected chi connectivity index (χ0v) is 7.68. The van der Waals surface area contributed by atoms with Crippen LogP contribution in [0.25, 0.3) is 0 Å². The Kier molecular flexibility index (Phi) is 2.65. The van der Waals surface area contributed by atoms with Crippen molar-refractivity contribution in [2.24, 2.45) is 0 Å². The van der Waals surface area contributed by atoms with Crippen LogP contribution in [0.3, 0.4) is 0 Å². The van der Waals surface area contributed by atoms with Crippen LogP contribution in [-0.2, 0) is 6.54 Å². The van der Waals surface area contributed by atoms with Crippen molar-refractivity contribution < 1.29 is 5.11 Å². The highest BCUT2D eigenvalue weighted by molar-refractivity contribution is 5.39. The van der Waals surface area contributed by atoms with Gasteiger partial charge in [0.1, 0.15) is 5.75 Å². The molecule has 1 aromatic heterocycles. The van der Waals surface area contributed by atoms with Gasteiger partial charge in [-0.25, -0.2) is 0 Å². The molecule has 0 radical (unpaired) electrons. The third-order valence-electron chi connectivity index (χ3n) is 1.91. The molecule has 3 nitrogen and oxygen atoms in total. The maximum atomic E-state index is 9.61. The normalized spacial score (nSPS) is 10.2. The number of rotatable bonds is 2. The molecule has 0 amide bonds. The third kappa shape index (κ3) is 1.56. The van der Waals surface area contributed by atoms with Crippen molar-refractivity contribution in [3.63, 3.8) is 0 Å². The number of nitrogens with one attached hydrogen (secondary N) is 1. The highest BCUT2D eigenvalue weighted by Crippen LogP contribution is 2.22. The van der Waals surface area contributed by atoms with Crippen LogP contribution in [0.1, 0.15) is 16.8 Å². The predicted octanol–water partition coefficient (Wildman–Crippen LogP) is 1.12. The van der Waals surface area contributed by atoms with Gasteiger partial charge in [-0.3, -0.25) is 4.98 Å². The summed E-state index contributed by atoms with van der Waals surface area (Å²) in [5.74, 6) is 0.310. The summed E-state index contributed by atoms with van der Waals surface area (Å²) in [6.45, 7) is 4.42. The molecule has 0 aliphatic heterocycles. The van der Waals surface area contributed by atoms with E-state index in [1.165, 1.54) is 0 Å². The van der Waals surface area contributed by atoms with Crippen molar-refractivity contribution in [3.8, 4) is 5.75 Å². The van der Waals surface area contributed by atoms with Crippen molar-refractivity contribution in [2.45, 2.75) is 20.4 Å². The van der Waals surface area contributed by atoms with Crippen molar-refractivity contribution in [1.82, 2.24) is 10.3 Å². The van der Waals surface area contributed by atoms with E-state index in [4.69, 9.17) is 0 Å². The van der Waals surface area contributed by atoms with Gasteiger partial charge in [0, 0.05) is 18.3 Å². The predicted molar refractivity (Wildman–Crippen MR) is 48.1 cm³/mol. The molecule has 0 unspecified atom stereocenters. The number of aromatic hydroxyl groups is 1. The van der Waals surface area contributed by atoms with E-state index in [0.717, 1.165) is 11.1 Å². The molecule has 2 N–H and O–H groups in total. The second-order valence-electron chi connectivity index (χ2n) is 2.88. The Labute approximate surface area is 72.5 Å². The van der Waals surface area contributed by atoms with Crippen LogP contribution in [0.4, 0.5) is 0 Å². The largest absolute Gasteiger partial charge is 0.506 e. The van der Waals surface area contributed by atoms with Gasteiger partial charge < -0.3 is 10.4 Å². The van der Waals surface area contributed by atoms with E-state index in [1.54, 1.807) is 13.1 Å². The molecule has 3 heteroatoms. The van der Waals surface area contributed by atoms with Gasteiger partial charge in [0.15, 0.2) is 0 Å². The van der Waals surface area contributed by atoms with Gasteiger partial charge in [0.25, 0.3) is 0 Å². The highest BCUT2D eigenvalue weighted by atomic mass is 16.3. The van der Waals surface area contributed by atoms with Crippen molar-refractivity contribution in [1.29, 1.82) is 0 Å². The molecule has 0 atom stereocenters. The summed E-state index contributed by atoms with van der Waals surface area (Å²) in [6, 6.07) is 0. The van der Waals surface area contributed by atoms with E-state index in [2.05, 4.69) is 10.3 Å². The lowest BCUT2D eigenvalue weighted by Gasteiger charge is -2.08. The minimum atomic E-state index is 0.310. The standard InChI is InChI=1S/C9H14N2O/c1-6-4-11-7(2)9(12)8(6)5-10-3/h4,10,12H,5H2,1-3H3. The van der Waals surface area contributed by atoms with Gasteiger partial charge in [-0.15, -0.1) is 0 Å². The van der Waals surface area contributed by atoms with Crippen LogP contribution in [0.2, 0.25) is 0 Å². The number of pyridine rings is 1. The summed E-state index contributed by atoms with van der Waals surface area (Å²) in [5, 5.41) is 12.6. The summed E-state index contributed by atoms with van der Waals surface area (Å²) in [5.41, 5.74) is 2.64. The lowest BCUT2D eigenvalue weighted by Crippen LogP contribution is -2.07. The van der Waals surface area contributed by atoms with Crippen molar-refractivity contribution >= 4 is 0 Å². The quantitative estimate of drug-likeness (QED) is 0.692. The number of aryl methyl sites for hydroxylation is 2. The van der Waals surface area contributed by atoms with Gasteiger partial charge in [-0.05, 0) is 26.5 Å². The maximum Gasteiger partial charge on any atom is 0.141 e. The molecule has 1 rings (SSSR count). The highest BCUT2D eigenvalue weighted by Gasteiger charge is 2.06. The average Bonchev–Trinajstić information content (AvgIpc) is 2.06. The van der Waals surface area contributed by atoms with Gasteiger partial charge in [0.05, 0.1) is 5.69 Å². The minimum absolute atomic E-state index is 0.310. The van der Waals surface area contributed by atoms with Gasteiger partial charge >= 0.3 is 0 Å². The van der Waals surface area contributed by atoms with Crippen LogP contribution in [-0.4, -0.2) is 17.1 Å². The second-order valence-corrected chi connectivity index (χ2v) is 2.88. The van der Waals surface area contributed by atoms with E-state index in [-0.39, 0.29) is 0 Å². The number of hydrogen-bond donors (Lipinski definition) is 2. The molecule has 0 saturated carbocycles. The first kappa shape index (κ1) is 9.00. The molecule has 66 valence electrons. The van der Waals surface area contributed by atoms with E-state index >= 15 is 0 Å². The zero-order chi connectivity index (χ0) is 9.14. The van der Waals surface area contributed by atoms with Crippen LogP contribution >= 0.6 is 0 Å². The summed E-state index contributed by atoms with van der Waals surface area (Å²) >= 11 is 0. The molecule has 0 saturated heterocycles. The maximum absolute atomic E-state index is 9.61. The van der Waals surface area contributed by atoms with Crippen molar-refractivity contribution in [2.75, 3.05) is 7.05 Å².